The Hall–Kier alpha value is -3.22. The van der Waals surface area contributed by atoms with Crippen LogP contribution in [-0.4, -0.2) is 14.8 Å². The summed E-state index contributed by atoms with van der Waals surface area (Å²) >= 11 is 0. The van der Waals surface area contributed by atoms with Crippen molar-refractivity contribution in [1.82, 2.24) is 14.8 Å². The summed E-state index contributed by atoms with van der Waals surface area (Å²) in [4.78, 5) is 4.59. The Morgan fingerprint density at radius 2 is 1.78 bits per heavy atom. The molecule has 0 amide bonds. The number of rotatable bonds is 2. The third-order valence-electron chi connectivity index (χ3n) is 4.32. The lowest BCUT2D eigenvalue weighted by molar-refractivity contribution is -0.140. The summed E-state index contributed by atoms with van der Waals surface area (Å²) in [6, 6.07) is 12.4. The van der Waals surface area contributed by atoms with E-state index in [1.807, 2.05) is 37.3 Å². The Labute approximate surface area is 151 Å². The second kappa shape index (κ2) is 6.19. The molecule has 27 heavy (non-hydrogen) atoms. The predicted octanol–water partition coefficient (Wildman–Crippen LogP) is 5.55. The van der Waals surface area contributed by atoms with E-state index in [-0.39, 0.29) is 5.69 Å². The van der Waals surface area contributed by atoms with Gasteiger partial charge in [-0.3, -0.25) is 0 Å². The highest BCUT2D eigenvalue weighted by Crippen LogP contribution is 2.33. The number of hydrogen-bond donors (Lipinski definition) is 0. The zero-order chi connectivity index (χ0) is 19.2. The van der Waals surface area contributed by atoms with Crippen LogP contribution in [0.1, 0.15) is 11.1 Å². The van der Waals surface area contributed by atoms with Gasteiger partial charge in [0.2, 0.25) is 0 Å². The predicted molar refractivity (Wildman–Crippen MR) is 94.0 cm³/mol. The maximum absolute atomic E-state index is 13.5. The molecule has 0 fully saturated rings. The molecule has 0 unspecified atom stereocenters. The van der Waals surface area contributed by atoms with Gasteiger partial charge in [0.1, 0.15) is 5.82 Å². The molecule has 0 spiro atoms. The Bertz CT molecular complexity index is 1150. The van der Waals surface area contributed by atoms with E-state index < -0.39 is 17.6 Å². The standard InChI is InChI=1S/C20H13F4N3/c1-12-8-19(26-18-5-3-2-4-15(12)18)13-10-25-27(11-13)14-6-7-17(21)16(9-14)20(22,23)24/h2-11H,1H3. The number of fused-ring (bicyclic) bond motifs is 1. The number of aryl methyl sites for hydroxylation is 1. The van der Waals surface area contributed by atoms with Crippen LogP contribution in [0.4, 0.5) is 17.6 Å². The van der Waals surface area contributed by atoms with Crippen LogP contribution in [0.5, 0.6) is 0 Å². The molecule has 0 radical (unpaired) electrons. The second-order valence-corrected chi connectivity index (χ2v) is 6.18. The fourth-order valence-corrected chi connectivity index (χ4v) is 2.97. The van der Waals surface area contributed by atoms with E-state index in [1.54, 1.807) is 6.20 Å². The molecule has 4 aromatic rings. The van der Waals surface area contributed by atoms with Gasteiger partial charge in [-0.25, -0.2) is 14.1 Å². The molecular formula is C20H13F4N3. The highest BCUT2D eigenvalue weighted by Gasteiger charge is 2.34. The molecule has 136 valence electrons. The zero-order valence-corrected chi connectivity index (χ0v) is 14.1. The van der Waals surface area contributed by atoms with Crippen LogP contribution in [0.25, 0.3) is 27.8 Å². The largest absolute Gasteiger partial charge is 0.419 e. The van der Waals surface area contributed by atoms with E-state index in [2.05, 4.69) is 10.1 Å². The number of hydrogen-bond acceptors (Lipinski definition) is 2. The fraction of sp³-hybridized carbons (Fsp3) is 0.100. The first-order chi connectivity index (χ1) is 12.8. The van der Waals surface area contributed by atoms with Crippen LogP contribution in [0, 0.1) is 12.7 Å². The zero-order valence-electron chi connectivity index (χ0n) is 14.1. The smallest absolute Gasteiger partial charge is 0.248 e. The summed E-state index contributed by atoms with van der Waals surface area (Å²) in [7, 11) is 0. The molecule has 2 aromatic carbocycles. The molecule has 0 bridgehead atoms. The number of alkyl halides is 3. The number of aromatic nitrogens is 3. The van der Waals surface area contributed by atoms with Crippen molar-refractivity contribution in [2.75, 3.05) is 0 Å². The minimum atomic E-state index is -4.77. The first kappa shape index (κ1) is 17.2. The monoisotopic (exact) mass is 371 g/mol. The van der Waals surface area contributed by atoms with Gasteiger partial charge in [-0.15, -0.1) is 0 Å². The van der Waals surface area contributed by atoms with E-state index >= 15 is 0 Å². The molecule has 2 aromatic heterocycles. The molecule has 7 heteroatoms. The van der Waals surface area contributed by atoms with Gasteiger partial charge in [0.05, 0.1) is 28.7 Å². The van der Waals surface area contributed by atoms with E-state index in [9.17, 15) is 17.6 Å². The summed E-state index contributed by atoms with van der Waals surface area (Å²) in [5, 5.41) is 5.14. The first-order valence-electron chi connectivity index (χ1n) is 8.11. The highest BCUT2D eigenvalue weighted by molar-refractivity contribution is 5.84. The Balaban J connectivity index is 1.77. The lowest BCUT2D eigenvalue weighted by atomic mass is 10.1. The summed E-state index contributed by atoms with van der Waals surface area (Å²) in [5.74, 6) is -1.31. The lowest BCUT2D eigenvalue weighted by Gasteiger charge is -2.10. The SMILES string of the molecule is Cc1cc(-c2cnn(-c3ccc(F)c(C(F)(F)F)c3)c2)nc2ccccc12. The molecule has 0 saturated heterocycles. The van der Waals surface area contributed by atoms with Crippen molar-refractivity contribution >= 4 is 10.9 Å². The van der Waals surface area contributed by atoms with Crippen molar-refractivity contribution in [2.24, 2.45) is 0 Å². The molecule has 0 aliphatic rings. The third kappa shape index (κ3) is 3.16. The van der Waals surface area contributed by atoms with Crippen LogP contribution in [0.15, 0.2) is 60.9 Å². The van der Waals surface area contributed by atoms with Gasteiger partial charge in [-0.05, 0) is 42.8 Å². The van der Waals surface area contributed by atoms with Gasteiger partial charge < -0.3 is 0 Å². The van der Waals surface area contributed by atoms with Crippen LogP contribution in [-0.2, 0) is 6.18 Å². The molecule has 0 aliphatic heterocycles. The second-order valence-electron chi connectivity index (χ2n) is 6.18. The minimum absolute atomic E-state index is 0.118. The Morgan fingerprint density at radius 3 is 2.56 bits per heavy atom. The Kier molecular flexibility index (Phi) is 3.95. The number of pyridine rings is 1. The van der Waals surface area contributed by atoms with E-state index in [4.69, 9.17) is 0 Å². The van der Waals surface area contributed by atoms with Crippen LogP contribution < -0.4 is 0 Å². The summed E-state index contributed by atoms with van der Waals surface area (Å²) in [6.45, 7) is 1.97. The highest BCUT2D eigenvalue weighted by atomic mass is 19.4. The summed E-state index contributed by atoms with van der Waals surface area (Å²) < 4.78 is 53.5. The molecule has 0 saturated carbocycles. The average Bonchev–Trinajstić information content (AvgIpc) is 3.11. The average molecular weight is 371 g/mol. The van der Waals surface area contributed by atoms with Gasteiger partial charge in [0.25, 0.3) is 0 Å². The van der Waals surface area contributed by atoms with Crippen molar-refractivity contribution in [3.05, 3.63) is 77.9 Å². The quantitative estimate of drug-likeness (QED) is 0.432. The van der Waals surface area contributed by atoms with Crippen LogP contribution >= 0.6 is 0 Å². The van der Waals surface area contributed by atoms with E-state index in [1.165, 1.54) is 16.9 Å². The molecule has 0 aliphatic carbocycles. The summed E-state index contributed by atoms with van der Waals surface area (Å²) in [6.07, 6.45) is -1.68. The Morgan fingerprint density at radius 1 is 1.00 bits per heavy atom. The molecule has 0 atom stereocenters. The minimum Gasteiger partial charge on any atom is -0.248 e. The van der Waals surface area contributed by atoms with Gasteiger partial charge in [-0.1, -0.05) is 18.2 Å². The topological polar surface area (TPSA) is 30.7 Å². The molecular weight excluding hydrogens is 358 g/mol. The van der Waals surface area contributed by atoms with Gasteiger partial charge in [-0.2, -0.15) is 18.3 Å². The normalized spacial score (nSPS) is 11.9. The number of para-hydroxylation sites is 1. The summed E-state index contributed by atoms with van der Waals surface area (Å²) in [5.41, 5.74) is 1.97. The van der Waals surface area contributed by atoms with Gasteiger partial charge >= 0.3 is 6.18 Å². The van der Waals surface area contributed by atoms with E-state index in [0.29, 0.717) is 11.3 Å². The molecule has 3 nitrogen and oxygen atoms in total. The van der Waals surface area contributed by atoms with Crippen LogP contribution in [0.3, 0.4) is 0 Å². The van der Waals surface area contributed by atoms with Crippen molar-refractivity contribution in [3.8, 4) is 16.9 Å². The first-order valence-corrected chi connectivity index (χ1v) is 8.11. The molecule has 4 rings (SSSR count). The van der Waals surface area contributed by atoms with E-state index in [0.717, 1.165) is 28.6 Å². The number of nitrogens with zero attached hydrogens (tertiary/aromatic N) is 3. The lowest BCUT2D eigenvalue weighted by Crippen LogP contribution is -2.09. The number of benzene rings is 2. The number of halogens is 4. The van der Waals surface area contributed by atoms with Crippen molar-refractivity contribution in [1.29, 1.82) is 0 Å². The van der Waals surface area contributed by atoms with Crippen molar-refractivity contribution in [2.45, 2.75) is 13.1 Å². The van der Waals surface area contributed by atoms with Crippen LogP contribution in [0.2, 0.25) is 0 Å². The maximum atomic E-state index is 13.5. The third-order valence-corrected chi connectivity index (χ3v) is 4.32. The van der Waals surface area contributed by atoms with Gasteiger partial charge in [0, 0.05) is 17.1 Å². The fourth-order valence-electron chi connectivity index (χ4n) is 2.97. The molecule has 0 N–H and O–H groups in total. The maximum Gasteiger partial charge on any atom is 0.419 e. The van der Waals surface area contributed by atoms with Crippen molar-refractivity contribution < 1.29 is 17.6 Å². The molecule has 2 heterocycles. The van der Waals surface area contributed by atoms with Gasteiger partial charge in [0.15, 0.2) is 0 Å². The van der Waals surface area contributed by atoms with Crippen molar-refractivity contribution in [3.63, 3.8) is 0 Å².